The van der Waals surface area contributed by atoms with Crippen LogP contribution < -0.4 is 5.32 Å². The molecule has 2 rings (SSSR count). The molecule has 1 atom stereocenters. The third-order valence-corrected chi connectivity index (χ3v) is 4.67. The van der Waals surface area contributed by atoms with Crippen LogP contribution in [0.5, 0.6) is 0 Å². The normalized spacial score (nSPS) is 21.8. The zero-order valence-electron chi connectivity index (χ0n) is 16.1. The van der Waals surface area contributed by atoms with Gasteiger partial charge >= 0.3 is 5.97 Å². The fraction of sp³-hybridized carbons (Fsp3) is 0.889. The first-order valence-corrected chi connectivity index (χ1v) is 9.56. The van der Waals surface area contributed by atoms with Gasteiger partial charge in [0, 0.05) is 26.2 Å². The second-order valence-electron chi connectivity index (χ2n) is 6.57. The maximum atomic E-state index is 11.2. The Bertz CT molecular complexity index is 423. The largest absolute Gasteiger partial charge is 0.469 e. The fourth-order valence-electron chi connectivity index (χ4n) is 3.20. The Morgan fingerprint density at radius 1 is 1.27 bits per heavy atom. The van der Waals surface area contributed by atoms with Crippen molar-refractivity contribution >= 4 is 35.9 Å². The van der Waals surface area contributed by atoms with Crippen molar-refractivity contribution < 1.29 is 19.0 Å². The quantitative estimate of drug-likeness (QED) is 0.259. The molecule has 0 aromatic heterocycles. The van der Waals surface area contributed by atoms with Crippen molar-refractivity contribution in [2.45, 2.75) is 57.7 Å². The number of esters is 1. The number of guanidine groups is 1. The van der Waals surface area contributed by atoms with Crippen molar-refractivity contribution in [3.63, 3.8) is 0 Å². The van der Waals surface area contributed by atoms with Crippen LogP contribution in [0.4, 0.5) is 0 Å². The predicted molar refractivity (Wildman–Crippen MR) is 112 cm³/mol. The van der Waals surface area contributed by atoms with Crippen molar-refractivity contribution in [2.24, 2.45) is 4.99 Å². The maximum absolute atomic E-state index is 11.2. The first-order chi connectivity index (χ1) is 12.2. The fourth-order valence-corrected chi connectivity index (χ4v) is 3.20. The predicted octanol–water partition coefficient (Wildman–Crippen LogP) is 2.18. The third-order valence-electron chi connectivity index (χ3n) is 4.67. The lowest BCUT2D eigenvalue weighted by Gasteiger charge is -2.35. The molecule has 0 aromatic rings. The number of carbonyl (C=O) groups is 1. The van der Waals surface area contributed by atoms with Crippen molar-refractivity contribution in [1.82, 2.24) is 10.2 Å². The van der Waals surface area contributed by atoms with E-state index in [9.17, 15) is 4.79 Å². The number of nitrogens with zero attached hydrogens (tertiary/aromatic N) is 2. The number of ether oxygens (including phenoxy) is 3. The summed E-state index contributed by atoms with van der Waals surface area (Å²) >= 11 is 0. The Morgan fingerprint density at radius 3 is 2.65 bits per heavy atom. The lowest BCUT2D eigenvalue weighted by Crippen LogP contribution is -2.47. The van der Waals surface area contributed by atoms with Crippen molar-refractivity contribution in [3.05, 3.63) is 0 Å². The van der Waals surface area contributed by atoms with Gasteiger partial charge in [0.2, 0.25) is 0 Å². The van der Waals surface area contributed by atoms with Gasteiger partial charge in [0.15, 0.2) is 5.96 Å². The maximum Gasteiger partial charge on any atom is 0.307 e. The highest BCUT2D eigenvalue weighted by Crippen LogP contribution is 2.18. The number of rotatable bonds is 7. The van der Waals surface area contributed by atoms with Gasteiger partial charge < -0.3 is 24.4 Å². The van der Waals surface area contributed by atoms with Crippen molar-refractivity contribution in [3.8, 4) is 0 Å². The van der Waals surface area contributed by atoms with Crippen LogP contribution in [0.15, 0.2) is 4.99 Å². The summed E-state index contributed by atoms with van der Waals surface area (Å²) in [6, 6.07) is 0. The molecule has 8 heteroatoms. The van der Waals surface area contributed by atoms with Gasteiger partial charge in [0.25, 0.3) is 0 Å². The molecule has 0 aromatic carbocycles. The van der Waals surface area contributed by atoms with E-state index in [-0.39, 0.29) is 36.0 Å². The molecule has 2 saturated heterocycles. The van der Waals surface area contributed by atoms with Gasteiger partial charge in [-0.3, -0.25) is 9.79 Å². The van der Waals surface area contributed by atoms with E-state index in [4.69, 9.17) is 9.47 Å². The molecule has 2 heterocycles. The average molecular weight is 483 g/mol. The van der Waals surface area contributed by atoms with Crippen LogP contribution in [0.3, 0.4) is 0 Å². The second kappa shape index (κ2) is 13.5. The molecule has 152 valence electrons. The van der Waals surface area contributed by atoms with Crippen LogP contribution >= 0.6 is 24.0 Å². The summed E-state index contributed by atoms with van der Waals surface area (Å²) in [6.45, 7) is 6.74. The number of nitrogens with one attached hydrogen (secondary N) is 1. The molecule has 0 spiro atoms. The van der Waals surface area contributed by atoms with Gasteiger partial charge in [-0.1, -0.05) is 0 Å². The molecular formula is C18H34IN3O4. The van der Waals surface area contributed by atoms with E-state index >= 15 is 0 Å². The first kappa shape index (κ1) is 23.4. The molecular weight excluding hydrogens is 449 g/mol. The van der Waals surface area contributed by atoms with Crippen LogP contribution in [0.2, 0.25) is 0 Å². The summed E-state index contributed by atoms with van der Waals surface area (Å²) in [6.07, 6.45) is 6.44. The summed E-state index contributed by atoms with van der Waals surface area (Å²) in [5.41, 5.74) is 0. The Morgan fingerprint density at radius 2 is 2.04 bits per heavy atom. The summed E-state index contributed by atoms with van der Waals surface area (Å²) in [4.78, 5) is 18.0. The zero-order chi connectivity index (χ0) is 17.9. The number of piperidine rings is 1. The molecule has 0 bridgehead atoms. The van der Waals surface area contributed by atoms with Crippen LogP contribution in [-0.2, 0) is 19.0 Å². The number of hydrogen-bond donors (Lipinski definition) is 1. The molecule has 1 N–H and O–H groups in total. The molecule has 2 fully saturated rings. The Hall–Kier alpha value is -0.610. The molecule has 7 nitrogen and oxygen atoms in total. The van der Waals surface area contributed by atoms with E-state index in [2.05, 4.69) is 26.9 Å². The minimum Gasteiger partial charge on any atom is -0.469 e. The highest BCUT2D eigenvalue weighted by atomic mass is 127. The van der Waals surface area contributed by atoms with E-state index in [1.54, 1.807) is 0 Å². The number of hydrogen-bond acceptors (Lipinski definition) is 5. The van der Waals surface area contributed by atoms with E-state index in [1.807, 2.05) is 0 Å². The van der Waals surface area contributed by atoms with Crippen LogP contribution in [-0.4, -0.2) is 75.5 Å². The van der Waals surface area contributed by atoms with Crippen molar-refractivity contribution in [2.75, 3.05) is 46.5 Å². The number of halogens is 1. The number of carbonyl (C=O) groups excluding carboxylic acids is 1. The summed E-state index contributed by atoms with van der Waals surface area (Å²) < 4.78 is 16.5. The summed E-state index contributed by atoms with van der Waals surface area (Å²) in [5.74, 6) is 0.650. The molecule has 0 saturated carbocycles. The Balaban J connectivity index is 0.00000338. The summed E-state index contributed by atoms with van der Waals surface area (Å²) in [7, 11) is 1.40. The molecule has 2 aliphatic heterocycles. The SMILES string of the molecule is CCNC(=NCCC(=O)OC)N1CCC(OCC2CCCCO2)CC1.I. The number of likely N-dealkylation sites (tertiary alicyclic amines) is 1. The molecule has 26 heavy (non-hydrogen) atoms. The third kappa shape index (κ3) is 8.39. The molecule has 0 aliphatic carbocycles. The average Bonchev–Trinajstić information content (AvgIpc) is 2.67. The van der Waals surface area contributed by atoms with E-state index in [1.165, 1.54) is 20.0 Å². The molecule has 0 radical (unpaired) electrons. The van der Waals surface area contributed by atoms with Gasteiger partial charge in [0.05, 0.1) is 38.9 Å². The van der Waals surface area contributed by atoms with E-state index in [0.29, 0.717) is 19.1 Å². The lowest BCUT2D eigenvalue weighted by molar-refractivity contribution is -0.140. The zero-order valence-corrected chi connectivity index (χ0v) is 18.4. The minimum absolute atomic E-state index is 0. The molecule has 1 unspecified atom stereocenters. The van der Waals surface area contributed by atoms with Gasteiger partial charge in [-0.15, -0.1) is 24.0 Å². The van der Waals surface area contributed by atoms with Crippen LogP contribution in [0.1, 0.15) is 45.4 Å². The second-order valence-corrected chi connectivity index (χ2v) is 6.57. The van der Waals surface area contributed by atoms with Gasteiger partial charge in [-0.05, 0) is 39.0 Å². The van der Waals surface area contributed by atoms with Crippen molar-refractivity contribution in [1.29, 1.82) is 0 Å². The first-order valence-electron chi connectivity index (χ1n) is 9.56. The number of aliphatic imine (C=N–C) groups is 1. The summed E-state index contributed by atoms with van der Waals surface area (Å²) in [5, 5.41) is 3.31. The lowest BCUT2D eigenvalue weighted by atomic mass is 10.1. The van der Waals surface area contributed by atoms with Crippen LogP contribution in [0, 0.1) is 0 Å². The Labute approximate surface area is 174 Å². The molecule has 0 amide bonds. The van der Waals surface area contributed by atoms with E-state index in [0.717, 1.165) is 58.1 Å². The highest BCUT2D eigenvalue weighted by molar-refractivity contribution is 14.0. The van der Waals surface area contributed by atoms with E-state index < -0.39 is 0 Å². The highest BCUT2D eigenvalue weighted by Gasteiger charge is 2.23. The monoisotopic (exact) mass is 483 g/mol. The van der Waals surface area contributed by atoms with Gasteiger partial charge in [-0.25, -0.2) is 0 Å². The van der Waals surface area contributed by atoms with Gasteiger partial charge in [-0.2, -0.15) is 0 Å². The Kier molecular flexibility index (Phi) is 12.2. The number of methoxy groups -OCH3 is 1. The topological polar surface area (TPSA) is 72.4 Å². The smallest absolute Gasteiger partial charge is 0.307 e. The van der Waals surface area contributed by atoms with Gasteiger partial charge in [0.1, 0.15) is 0 Å². The standard InChI is InChI=1S/C18H33N3O4.HI/c1-3-19-18(20-10-7-17(22)23-2)21-11-8-15(9-12-21)25-14-16-6-4-5-13-24-16;/h15-16H,3-14H2,1-2H3,(H,19,20);1H. The molecule has 2 aliphatic rings. The van der Waals surface area contributed by atoms with Crippen LogP contribution in [0.25, 0.3) is 0 Å². The minimum atomic E-state index is -0.225.